The van der Waals surface area contributed by atoms with Gasteiger partial charge in [-0.3, -0.25) is 4.79 Å². The minimum absolute atomic E-state index is 0.0240. The average Bonchev–Trinajstić information content (AvgIpc) is 2.90. The van der Waals surface area contributed by atoms with Crippen molar-refractivity contribution in [2.24, 2.45) is 17.8 Å². The Bertz CT molecular complexity index is 466. The first-order valence-corrected chi connectivity index (χ1v) is 6.15. The van der Waals surface area contributed by atoms with Crippen LogP contribution in [0.15, 0.2) is 24.3 Å². The minimum atomic E-state index is 0.0240. The summed E-state index contributed by atoms with van der Waals surface area (Å²) in [4.78, 5) is 12.0. The van der Waals surface area contributed by atoms with Gasteiger partial charge in [-0.05, 0) is 42.7 Å². The van der Waals surface area contributed by atoms with Crippen LogP contribution < -0.4 is 4.74 Å². The van der Waals surface area contributed by atoms with Crippen LogP contribution in [0.1, 0.15) is 30.7 Å². The number of hydrogen-bond donors (Lipinski definition) is 0. The highest BCUT2D eigenvalue weighted by Crippen LogP contribution is 2.59. The molecule has 3 aliphatic rings. The third-order valence-corrected chi connectivity index (χ3v) is 4.68. The molecule has 2 bridgehead atoms. The molecular weight excluding hydrogens is 200 g/mol. The molecule has 1 aliphatic heterocycles. The van der Waals surface area contributed by atoms with Crippen LogP contribution in [-0.4, -0.2) is 5.97 Å². The Morgan fingerprint density at radius 1 is 1.06 bits per heavy atom. The van der Waals surface area contributed by atoms with Crippen molar-refractivity contribution in [2.75, 3.05) is 0 Å². The van der Waals surface area contributed by atoms with Crippen molar-refractivity contribution in [1.82, 2.24) is 0 Å². The molecule has 0 saturated heterocycles. The molecule has 1 heterocycles. The number of carbonyl (C=O) groups excluding carboxylic acids is 1. The van der Waals surface area contributed by atoms with E-state index in [-0.39, 0.29) is 11.9 Å². The van der Waals surface area contributed by atoms with Gasteiger partial charge in [-0.25, -0.2) is 0 Å². The zero-order valence-corrected chi connectivity index (χ0v) is 9.06. The van der Waals surface area contributed by atoms with Crippen molar-refractivity contribution < 1.29 is 9.53 Å². The Balaban J connectivity index is 1.88. The van der Waals surface area contributed by atoms with E-state index in [2.05, 4.69) is 12.1 Å². The number of fused-ring (bicyclic) bond motifs is 7. The fourth-order valence-electron chi connectivity index (χ4n) is 4.10. The number of hydrogen-bond acceptors (Lipinski definition) is 2. The highest BCUT2D eigenvalue weighted by molar-refractivity contribution is 5.80. The average molecular weight is 214 g/mol. The number of benzene rings is 1. The molecule has 4 rings (SSSR count). The molecule has 0 unspecified atom stereocenters. The summed E-state index contributed by atoms with van der Waals surface area (Å²) in [5.74, 6) is 2.77. The number of para-hydroxylation sites is 1. The molecule has 0 radical (unpaired) electrons. The quantitative estimate of drug-likeness (QED) is 0.490. The van der Waals surface area contributed by atoms with E-state index in [0.29, 0.717) is 11.8 Å². The molecule has 1 aromatic carbocycles. The largest absolute Gasteiger partial charge is 0.426 e. The predicted octanol–water partition coefficient (Wildman–Crippen LogP) is 2.74. The molecular formula is C14H14O2. The topological polar surface area (TPSA) is 26.3 Å². The van der Waals surface area contributed by atoms with Crippen LogP contribution in [0.2, 0.25) is 0 Å². The van der Waals surface area contributed by atoms with E-state index in [1.807, 2.05) is 12.1 Å². The smallest absolute Gasteiger partial charge is 0.315 e. The standard InChI is InChI=1S/C14H14O2/c15-14-13-9-6-5-8(7-9)12(13)10-3-1-2-4-11(10)16-14/h1-4,8-9,12-13H,5-7H2/t8-,9+,12-,13-/m0/s1. The molecule has 1 aromatic rings. The molecule has 16 heavy (non-hydrogen) atoms. The molecule has 2 aliphatic carbocycles. The summed E-state index contributed by atoms with van der Waals surface area (Å²) in [7, 11) is 0. The van der Waals surface area contributed by atoms with E-state index in [1.165, 1.54) is 24.8 Å². The van der Waals surface area contributed by atoms with Gasteiger partial charge in [0.05, 0.1) is 5.92 Å². The van der Waals surface area contributed by atoms with Crippen molar-refractivity contribution in [2.45, 2.75) is 25.2 Å². The van der Waals surface area contributed by atoms with Gasteiger partial charge in [0.15, 0.2) is 0 Å². The SMILES string of the molecule is O=C1Oc2ccccc2[C@@H]2[C@H]3CC[C@H](C3)[C@H]12. The van der Waals surface area contributed by atoms with Gasteiger partial charge in [0.25, 0.3) is 0 Å². The van der Waals surface area contributed by atoms with Crippen molar-refractivity contribution in [1.29, 1.82) is 0 Å². The molecule has 0 aromatic heterocycles. The van der Waals surface area contributed by atoms with E-state index in [4.69, 9.17) is 4.74 Å². The van der Waals surface area contributed by atoms with Crippen LogP contribution >= 0.6 is 0 Å². The van der Waals surface area contributed by atoms with Gasteiger partial charge in [-0.15, -0.1) is 0 Å². The second kappa shape index (κ2) is 2.88. The van der Waals surface area contributed by atoms with E-state index in [1.54, 1.807) is 0 Å². The van der Waals surface area contributed by atoms with Gasteiger partial charge in [0.1, 0.15) is 5.75 Å². The summed E-state index contributed by atoms with van der Waals surface area (Å²) in [5.41, 5.74) is 1.28. The predicted molar refractivity (Wildman–Crippen MR) is 59.1 cm³/mol. The number of rotatable bonds is 0. The summed E-state index contributed by atoms with van der Waals surface area (Å²) in [6.45, 7) is 0. The summed E-state index contributed by atoms with van der Waals surface area (Å²) in [6.07, 6.45) is 3.76. The van der Waals surface area contributed by atoms with E-state index >= 15 is 0 Å². The fraction of sp³-hybridized carbons (Fsp3) is 0.500. The first kappa shape index (κ1) is 8.80. The van der Waals surface area contributed by atoms with Crippen LogP contribution in [0.4, 0.5) is 0 Å². The lowest BCUT2D eigenvalue weighted by Gasteiger charge is -2.34. The lowest BCUT2D eigenvalue weighted by molar-refractivity contribution is -0.143. The Kier molecular flexibility index (Phi) is 1.58. The van der Waals surface area contributed by atoms with Gasteiger partial charge < -0.3 is 4.74 Å². The first-order valence-electron chi connectivity index (χ1n) is 6.15. The zero-order chi connectivity index (χ0) is 10.7. The third-order valence-electron chi connectivity index (χ3n) is 4.68. The lowest BCUT2D eigenvalue weighted by atomic mass is 9.74. The summed E-state index contributed by atoms with van der Waals surface area (Å²) >= 11 is 0. The monoisotopic (exact) mass is 214 g/mol. The molecule has 82 valence electrons. The van der Waals surface area contributed by atoms with Crippen LogP contribution in [0.25, 0.3) is 0 Å². The first-order chi connectivity index (χ1) is 7.84. The maximum Gasteiger partial charge on any atom is 0.315 e. The lowest BCUT2D eigenvalue weighted by Crippen LogP contribution is -2.35. The van der Waals surface area contributed by atoms with Crippen molar-refractivity contribution >= 4 is 5.97 Å². The van der Waals surface area contributed by atoms with Crippen molar-refractivity contribution in [3.8, 4) is 5.75 Å². The van der Waals surface area contributed by atoms with Gasteiger partial charge in [0, 0.05) is 5.92 Å². The summed E-state index contributed by atoms with van der Waals surface area (Å²) < 4.78 is 5.46. The fourth-order valence-corrected chi connectivity index (χ4v) is 4.10. The second-order valence-electron chi connectivity index (χ2n) is 5.34. The molecule has 0 N–H and O–H groups in total. The molecule has 2 fully saturated rings. The molecule has 0 spiro atoms. The number of carbonyl (C=O) groups is 1. The molecule has 4 atom stereocenters. The highest BCUT2D eigenvalue weighted by Gasteiger charge is 2.54. The van der Waals surface area contributed by atoms with Gasteiger partial charge in [-0.1, -0.05) is 18.2 Å². The van der Waals surface area contributed by atoms with Crippen molar-refractivity contribution in [3.63, 3.8) is 0 Å². The highest BCUT2D eigenvalue weighted by atomic mass is 16.5. The Morgan fingerprint density at radius 2 is 1.81 bits per heavy atom. The van der Waals surface area contributed by atoms with E-state index in [0.717, 1.165) is 11.7 Å². The minimum Gasteiger partial charge on any atom is -0.426 e. The van der Waals surface area contributed by atoms with Crippen molar-refractivity contribution in [3.05, 3.63) is 29.8 Å². The maximum atomic E-state index is 12.0. The molecule has 2 heteroatoms. The Hall–Kier alpha value is -1.31. The molecule has 2 nitrogen and oxygen atoms in total. The van der Waals surface area contributed by atoms with Gasteiger partial charge in [0.2, 0.25) is 0 Å². The molecule has 0 amide bonds. The maximum absolute atomic E-state index is 12.0. The van der Waals surface area contributed by atoms with Crippen LogP contribution in [-0.2, 0) is 4.79 Å². The zero-order valence-electron chi connectivity index (χ0n) is 9.06. The van der Waals surface area contributed by atoms with Gasteiger partial charge in [-0.2, -0.15) is 0 Å². The van der Waals surface area contributed by atoms with E-state index < -0.39 is 0 Å². The van der Waals surface area contributed by atoms with Gasteiger partial charge >= 0.3 is 5.97 Å². The van der Waals surface area contributed by atoms with Crippen LogP contribution in [0, 0.1) is 17.8 Å². The number of esters is 1. The summed E-state index contributed by atoms with van der Waals surface area (Å²) in [6, 6.07) is 8.07. The normalized spacial score (nSPS) is 39.1. The summed E-state index contributed by atoms with van der Waals surface area (Å²) in [5, 5.41) is 0. The Morgan fingerprint density at radius 3 is 2.69 bits per heavy atom. The third kappa shape index (κ3) is 0.952. The Labute approximate surface area is 94.6 Å². The number of ether oxygens (including phenoxy) is 1. The van der Waals surface area contributed by atoms with E-state index in [9.17, 15) is 4.79 Å². The van der Waals surface area contributed by atoms with Crippen LogP contribution in [0.3, 0.4) is 0 Å². The second-order valence-corrected chi connectivity index (χ2v) is 5.34. The molecule has 2 saturated carbocycles. The van der Waals surface area contributed by atoms with Crippen LogP contribution in [0.5, 0.6) is 5.75 Å².